The molecule has 7 nitrogen and oxygen atoms in total. The van der Waals surface area contributed by atoms with Gasteiger partial charge in [-0.25, -0.2) is 14.4 Å². The summed E-state index contributed by atoms with van der Waals surface area (Å²) >= 11 is 0. The van der Waals surface area contributed by atoms with E-state index < -0.39 is 23.7 Å². The normalized spacial score (nSPS) is 15.7. The number of benzene rings is 1. The van der Waals surface area contributed by atoms with Crippen LogP contribution in [-0.2, 0) is 23.8 Å². The van der Waals surface area contributed by atoms with Crippen LogP contribution < -0.4 is 5.32 Å². The average molecular weight is 345 g/mol. The summed E-state index contributed by atoms with van der Waals surface area (Å²) in [7, 11) is 0. The maximum Gasteiger partial charge on any atom is 0.350 e. The summed E-state index contributed by atoms with van der Waals surface area (Å²) in [5.74, 6) is -3.37. The molecular formula is C18H19NO6. The van der Waals surface area contributed by atoms with E-state index >= 15 is 0 Å². The Morgan fingerprint density at radius 1 is 1.24 bits per heavy atom. The molecule has 2 rings (SSSR count). The molecule has 1 N–H and O–H groups in total. The molecule has 1 aromatic carbocycles. The molecule has 25 heavy (non-hydrogen) atoms. The molecule has 1 aliphatic rings. The molecule has 132 valence electrons. The van der Waals surface area contributed by atoms with Crippen molar-refractivity contribution in [1.29, 1.82) is 0 Å². The van der Waals surface area contributed by atoms with E-state index in [-0.39, 0.29) is 12.2 Å². The van der Waals surface area contributed by atoms with E-state index in [9.17, 15) is 14.4 Å². The van der Waals surface area contributed by atoms with Crippen molar-refractivity contribution in [2.24, 2.45) is 0 Å². The summed E-state index contributed by atoms with van der Waals surface area (Å²) in [5.41, 5.74) is 1.36. The van der Waals surface area contributed by atoms with E-state index in [1.165, 1.54) is 26.1 Å². The number of ether oxygens (including phenoxy) is 3. The number of carbonyl (C=O) groups is 3. The minimum absolute atomic E-state index is 0.104. The predicted molar refractivity (Wildman–Crippen MR) is 89.6 cm³/mol. The molecule has 1 saturated heterocycles. The van der Waals surface area contributed by atoms with Gasteiger partial charge in [0.05, 0.1) is 5.56 Å². The minimum atomic E-state index is -1.29. The van der Waals surface area contributed by atoms with Crippen molar-refractivity contribution in [3.8, 4) is 0 Å². The van der Waals surface area contributed by atoms with Crippen molar-refractivity contribution < 1.29 is 28.6 Å². The maximum atomic E-state index is 11.9. The second-order valence-electron chi connectivity index (χ2n) is 5.86. The van der Waals surface area contributed by atoms with E-state index in [0.717, 1.165) is 5.56 Å². The van der Waals surface area contributed by atoms with Crippen LogP contribution in [0.3, 0.4) is 0 Å². The first-order valence-electron chi connectivity index (χ1n) is 7.55. The SMILES string of the molecule is C=CCOC(=O)c1cc(C)cc(NC=C2C(=O)OC(C)(C)OC2=O)c1. The lowest BCUT2D eigenvalue weighted by Gasteiger charge is -2.29. The van der Waals surface area contributed by atoms with E-state index in [1.807, 2.05) is 0 Å². The highest BCUT2D eigenvalue weighted by Gasteiger charge is 2.38. The fraction of sp³-hybridized carbons (Fsp3) is 0.278. The second kappa shape index (κ2) is 7.21. The Bertz CT molecular complexity index is 741. The van der Waals surface area contributed by atoms with E-state index in [0.29, 0.717) is 11.3 Å². The predicted octanol–water partition coefficient (Wildman–Crippen LogP) is 2.47. The van der Waals surface area contributed by atoms with Crippen molar-refractivity contribution in [3.05, 3.63) is 53.8 Å². The van der Waals surface area contributed by atoms with Gasteiger partial charge in [-0.3, -0.25) is 0 Å². The van der Waals surface area contributed by atoms with E-state index in [4.69, 9.17) is 14.2 Å². The lowest BCUT2D eigenvalue weighted by molar-refractivity contribution is -0.222. The molecule has 0 radical (unpaired) electrons. The van der Waals surface area contributed by atoms with Crippen LogP contribution in [0.15, 0.2) is 42.6 Å². The molecule has 0 unspecified atom stereocenters. The Balaban J connectivity index is 2.19. The van der Waals surface area contributed by atoms with Crippen LogP contribution in [0.1, 0.15) is 29.8 Å². The molecule has 0 atom stereocenters. The average Bonchev–Trinajstić information content (AvgIpc) is 2.50. The van der Waals surface area contributed by atoms with Crippen molar-refractivity contribution in [1.82, 2.24) is 0 Å². The van der Waals surface area contributed by atoms with Gasteiger partial charge in [0.25, 0.3) is 5.79 Å². The van der Waals surface area contributed by atoms with Crippen molar-refractivity contribution in [2.45, 2.75) is 26.6 Å². The molecule has 1 aromatic rings. The van der Waals surface area contributed by atoms with Gasteiger partial charge in [0.2, 0.25) is 0 Å². The first-order chi connectivity index (χ1) is 11.7. The van der Waals surface area contributed by atoms with Gasteiger partial charge in [0.1, 0.15) is 6.61 Å². The monoisotopic (exact) mass is 345 g/mol. The van der Waals surface area contributed by atoms with Gasteiger partial charge in [-0.05, 0) is 30.7 Å². The summed E-state index contributed by atoms with van der Waals surface area (Å²) in [5, 5.41) is 2.80. The van der Waals surface area contributed by atoms with Gasteiger partial charge < -0.3 is 19.5 Å². The van der Waals surface area contributed by atoms with Crippen LogP contribution in [0.5, 0.6) is 0 Å². The highest BCUT2D eigenvalue weighted by Crippen LogP contribution is 2.23. The molecule has 1 heterocycles. The number of rotatable bonds is 5. The Morgan fingerprint density at radius 3 is 2.48 bits per heavy atom. The smallest absolute Gasteiger partial charge is 0.350 e. The molecular weight excluding hydrogens is 326 g/mol. The fourth-order valence-electron chi connectivity index (χ4n) is 2.14. The number of anilines is 1. The third-order valence-electron chi connectivity index (χ3n) is 3.15. The maximum absolute atomic E-state index is 11.9. The summed E-state index contributed by atoms with van der Waals surface area (Å²) in [6, 6.07) is 4.94. The molecule has 1 aliphatic heterocycles. The zero-order valence-corrected chi connectivity index (χ0v) is 14.3. The van der Waals surface area contributed by atoms with E-state index in [1.54, 1.807) is 25.1 Å². The van der Waals surface area contributed by atoms with Crippen LogP contribution in [0.2, 0.25) is 0 Å². The standard InChI is InChI=1S/C18H19NO6/c1-5-6-23-15(20)12-7-11(2)8-13(9-12)19-10-14-16(21)24-18(3,4)25-17(14)22/h5,7-10,19H,1,6H2,2-4H3. The van der Waals surface area contributed by atoms with Crippen LogP contribution in [-0.4, -0.2) is 30.3 Å². The van der Waals surface area contributed by atoms with Gasteiger partial charge in [-0.2, -0.15) is 0 Å². The summed E-state index contributed by atoms with van der Waals surface area (Å²) < 4.78 is 15.0. The van der Waals surface area contributed by atoms with Crippen LogP contribution in [0, 0.1) is 6.92 Å². The van der Waals surface area contributed by atoms with Crippen LogP contribution in [0.25, 0.3) is 0 Å². The summed E-state index contributed by atoms with van der Waals surface area (Å²) in [6.45, 7) is 8.32. The number of esters is 3. The largest absolute Gasteiger partial charge is 0.458 e. The minimum Gasteiger partial charge on any atom is -0.458 e. The molecule has 0 bridgehead atoms. The first kappa shape index (κ1) is 18.3. The lowest BCUT2D eigenvalue weighted by Crippen LogP contribution is -2.42. The Hall–Kier alpha value is -3.09. The molecule has 0 aliphatic carbocycles. The Labute approximate surface area is 145 Å². The number of hydrogen-bond acceptors (Lipinski definition) is 7. The highest BCUT2D eigenvalue weighted by molar-refractivity contribution is 6.15. The van der Waals surface area contributed by atoms with Gasteiger partial charge in [-0.1, -0.05) is 12.7 Å². The van der Waals surface area contributed by atoms with Gasteiger partial charge >= 0.3 is 17.9 Å². The molecule has 7 heteroatoms. The number of nitrogens with one attached hydrogen (secondary N) is 1. The quantitative estimate of drug-likeness (QED) is 0.379. The van der Waals surface area contributed by atoms with Gasteiger partial charge in [0, 0.05) is 25.7 Å². The Kier molecular flexibility index (Phi) is 5.26. The zero-order chi connectivity index (χ0) is 18.6. The number of carbonyl (C=O) groups excluding carboxylic acids is 3. The van der Waals surface area contributed by atoms with Crippen molar-refractivity contribution in [2.75, 3.05) is 11.9 Å². The highest BCUT2D eigenvalue weighted by atomic mass is 16.7. The first-order valence-corrected chi connectivity index (χ1v) is 7.55. The van der Waals surface area contributed by atoms with Crippen LogP contribution in [0.4, 0.5) is 5.69 Å². The number of cyclic esters (lactones) is 2. The van der Waals surface area contributed by atoms with Crippen molar-refractivity contribution >= 4 is 23.6 Å². The molecule has 0 aromatic heterocycles. The van der Waals surface area contributed by atoms with Crippen molar-refractivity contribution in [3.63, 3.8) is 0 Å². The lowest BCUT2D eigenvalue weighted by atomic mass is 10.1. The molecule has 0 amide bonds. The van der Waals surface area contributed by atoms with Gasteiger partial charge in [-0.15, -0.1) is 0 Å². The van der Waals surface area contributed by atoms with Crippen LogP contribution >= 0.6 is 0 Å². The van der Waals surface area contributed by atoms with Gasteiger partial charge in [0.15, 0.2) is 5.57 Å². The molecule has 1 fully saturated rings. The summed E-state index contributed by atoms with van der Waals surface area (Å²) in [6.07, 6.45) is 2.66. The number of hydrogen-bond donors (Lipinski definition) is 1. The topological polar surface area (TPSA) is 90.9 Å². The second-order valence-corrected chi connectivity index (χ2v) is 5.86. The zero-order valence-electron chi connectivity index (χ0n) is 14.3. The molecule has 0 spiro atoms. The Morgan fingerprint density at radius 2 is 1.88 bits per heavy atom. The fourth-order valence-corrected chi connectivity index (χ4v) is 2.14. The number of aryl methyl sites for hydroxylation is 1. The summed E-state index contributed by atoms with van der Waals surface area (Å²) in [4.78, 5) is 35.7. The molecule has 0 saturated carbocycles. The van der Waals surface area contributed by atoms with E-state index in [2.05, 4.69) is 11.9 Å². The third kappa shape index (κ3) is 4.69. The third-order valence-corrected chi connectivity index (χ3v) is 3.15.